The molecule has 0 atom stereocenters. The first kappa shape index (κ1) is 18.5. The van der Waals surface area contributed by atoms with Gasteiger partial charge < -0.3 is 4.90 Å². The van der Waals surface area contributed by atoms with Crippen LogP contribution < -0.4 is 0 Å². The third-order valence-corrected chi connectivity index (χ3v) is 3.56. The van der Waals surface area contributed by atoms with Crippen molar-refractivity contribution in [2.45, 2.75) is 71.1 Å². The summed E-state index contributed by atoms with van der Waals surface area (Å²) < 4.78 is 0. The molecule has 2 nitrogen and oxygen atoms in total. The molecule has 1 aliphatic rings. The molecular weight excluding hydrogens is 231 g/mol. The molecule has 1 rings (SSSR count). The Labute approximate surface area is 136 Å². The number of aliphatic imine (C=N–C) groups is 1. The Morgan fingerprint density at radius 3 is 1.94 bits per heavy atom. The van der Waals surface area contributed by atoms with Crippen molar-refractivity contribution in [3.05, 3.63) is 0 Å². The van der Waals surface area contributed by atoms with Gasteiger partial charge in [0, 0.05) is 13.1 Å². The monoisotopic (exact) mass is 262 g/mol. The zero-order valence-corrected chi connectivity index (χ0v) is 11.7. The van der Waals surface area contributed by atoms with E-state index >= 15 is 0 Å². The third kappa shape index (κ3) is 10.4. The van der Waals surface area contributed by atoms with Gasteiger partial charge in [-0.05, 0) is 6.42 Å². The van der Waals surface area contributed by atoms with Crippen LogP contribution in [0.25, 0.3) is 0 Å². The number of nitrogens with zero attached hydrogens (tertiary/aromatic N) is 2. The molecule has 0 aromatic heterocycles. The summed E-state index contributed by atoms with van der Waals surface area (Å²) in [5, 5.41) is 0. The Hall–Kier alpha value is 0.470. The molecule has 3 heteroatoms. The molecular formula is C15H31N2Na. The summed E-state index contributed by atoms with van der Waals surface area (Å²) >= 11 is 0. The van der Waals surface area contributed by atoms with Crippen LogP contribution in [0.4, 0.5) is 0 Å². The number of rotatable bonds is 11. The van der Waals surface area contributed by atoms with Crippen LogP contribution in [0.3, 0.4) is 0 Å². The van der Waals surface area contributed by atoms with E-state index in [0.717, 1.165) is 13.1 Å². The zero-order valence-electron chi connectivity index (χ0n) is 11.7. The Bertz CT molecular complexity index is 195. The molecule has 0 saturated heterocycles. The molecule has 1 aliphatic heterocycles. The van der Waals surface area contributed by atoms with Crippen molar-refractivity contribution in [2.75, 3.05) is 19.6 Å². The van der Waals surface area contributed by atoms with E-state index in [9.17, 15) is 0 Å². The van der Waals surface area contributed by atoms with E-state index in [1.54, 1.807) is 0 Å². The molecule has 0 spiro atoms. The quantitative estimate of drug-likeness (QED) is 0.410. The summed E-state index contributed by atoms with van der Waals surface area (Å²) in [5.74, 6) is 0. The van der Waals surface area contributed by atoms with Crippen LogP contribution in [0.15, 0.2) is 4.99 Å². The van der Waals surface area contributed by atoms with Gasteiger partial charge in [0.15, 0.2) is 0 Å². The fourth-order valence-corrected chi connectivity index (χ4v) is 2.39. The number of hydrogen-bond donors (Lipinski definition) is 0. The molecule has 0 radical (unpaired) electrons. The van der Waals surface area contributed by atoms with Gasteiger partial charge in [-0.2, -0.15) is 0 Å². The summed E-state index contributed by atoms with van der Waals surface area (Å²) in [7, 11) is 0. The molecule has 0 saturated carbocycles. The van der Waals surface area contributed by atoms with E-state index in [1.165, 1.54) is 70.8 Å². The van der Waals surface area contributed by atoms with Crippen molar-refractivity contribution in [1.29, 1.82) is 0 Å². The minimum absolute atomic E-state index is 0. The van der Waals surface area contributed by atoms with Crippen molar-refractivity contribution in [3.63, 3.8) is 0 Å². The minimum atomic E-state index is 0. The molecule has 0 bridgehead atoms. The maximum absolute atomic E-state index is 4.23. The fraction of sp³-hybridized carbons (Fsp3) is 0.933. The summed E-state index contributed by atoms with van der Waals surface area (Å²) in [4.78, 5) is 6.58. The van der Waals surface area contributed by atoms with Crippen molar-refractivity contribution in [1.82, 2.24) is 4.90 Å². The molecule has 102 valence electrons. The first-order valence-corrected chi connectivity index (χ1v) is 7.67. The van der Waals surface area contributed by atoms with Crippen LogP contribution in [0, 0.1) is 0 Å². The van der Waals surface area contributed by atoms with Gasteiger partial charge in [0.05, 0.1) is 12.9 Å². The SMILES string of the molecule is CCCCCCCCCCCCN1C=NCC1.[NaH]. The summed E-state index contributed by atoms with van der Waals surface area (Å²) in [6.45, 7) is 5.67. The second-order valence-electron chi connectivity index (χ2n) is 5.24. The van der Waals surface area contributed by atoms with E-state index < -0.39 is 0 Å². The predicted octanol–water partition coefficient (Wildman–Crippen LogP) is 3.60. The number of unbranched alkanes of at least 4 members (excludes halogenated alkanes) is 9. The first-order valence-electron chi connectivity index (χ1n) is 7.67. The van der Waals surface area contributed by atoms with Crippen molar-refractivity contribution < 1.29 is 0 Å². The van der Waals surface area contributed by atoms with Gasteiger partial charge in [-0.3, -0.25) is 4.99 Å². The normalized spacial score (nSPS) is 13.9. The predicted molar refractivity (Wildman–Crippen MR) is 83.9 cm³/mol. The third-order valence-electron chi connectivity index (χ3n) is 3.56. The molecule has 0 aliphatic carbocycles. The van der Waals surface area contributed by atoms with Crippen LogP contribution in [0.1, 0.15) is 71.1 Å². The molecule has 0 fully saturated rings. The molecule has 0 N–H and O–H groups in total. The second kappa shape index (κ2) is 13.9. The van der Waals surface area contributed by atoms with E-state index in [-0.39, 0.29) is 29.6 Å². The Morgan fingerprint density at radius 1 is 0.889 bits per heavy atom. The van der Waals surface area contributed by atoms with Crippen LogP contribution in [-0.4, -0.2) is 60.4 Å². The Morgan fingerprint density at radius 2 is 1.44 bits per heavy atom. The van der Waals surface area contributed by atoms with Crippen molar-refractivity contribution in [3.8, 4) is 0 Å². The van der Waals surface area contributed by atoms with E-state index in [4.69, 9.17) is 0 Å². The second-order valence-corrected chi connectivity index (χ2v) is 5.24. The Balaban J connectivity index is 0.00000289. The van der Waals surface area contributed by atoms with Gasteiger partial charge in [-0.15, -0.1) is 0 Å². The van der Waals surface area contributed by atoms with E-state index in [0.29, 0.717) is 0 Å². The fourth-order valence-electron chi connectivity index (χ4n) is 2.39. The first-order chi connectivity index (χ1) is 8.43. The van der Waals surface area contributed by atoms with Gasteiger partial charge in [0.25, 0.3) is 0 Å². The summed E-state index contributed by atoms with van der Waals surface area (Å²) in [6, 6.07) is 0. The van der Waals surface area contributed by atoms with Crippen LogP contribution in [-0.2, 0) is 0 Å². The molecule has 0 aromatic rings. The van der Waals surface area contributed by atoms with Gasteiger partial charge in [0.1, 0.15) is 0 Å². The Kier molecular flexibility index (Phi) is 14.3. The van der Waals surface area contributed by atoms with Crippen LogP contribution >= 0.6 is 0 Å². The molecule has 0 amide bonds. The summed E-state index contributed by atoms with van der Waals surface area (Å²) in [5.41, 5.74) is 0. The van der Waals surface area contributed by atoms with Crippen molar-refractivity contribution in [2.24, 2.45) is 4.99 Å². The van der Waals surface area contributed by atoms with Crippen LogP contribution in [0.2, 0.25) is 0 Å². The van der Waals surface area contributed by atoms with Gasteiger partial charge in [-0.25, -0.2) is 0 Å². The average Bonchev–Trinajstić information content (AvgIpc) is 2.85. The zero-order chi connectivity index (χ0) is 12.2. The van der Waals surface area contributed by atoms with Gasteiger partial charge in [0.2, 0.25) is 0 Å². The molecule has 0 aromatic carbocycles. The standard InChI is InChI=1S/C15H30N2.Na.H/c1-2-3-4-5-6-7-8-9-10-11-13-17-14-12-16-15-17;;/h15H,2-14H2,1H3;;. The van der Waals surface area contributed by atoms with Gasteiger partial charge in [-0.1, -0.05) is 64.7 Å². The van der Waals surface area contributed by atoms with Crippen LogP contribution in [0.5, 0.6) is 0 Å². The van der Waals surface area contributed by atoms with E-state index in [2.05, 4.69) is 16.8 Å². The number of hydrogen-bond acceptors (Lipinski definition) is 2. The van der Waals surface area contributed by atoms with Crippen molar-refractivity contribution >= 4 is 35.9 Å². The molecule has 1 heterocycles. The summed E-state index contributed by atoms with van der Waals surface area (Å²) in [6.07, 6.45) is 16.3. The topological polar surface area (TPSA) is 15.6 Å². The van der Waals surface area contributed by atoms with Gasteiger partial charge >= 0.3 is 29.6 Å². The molecule has 18 heavy (non-hydrogen) atoms. The maximum atomic E-state index is 4.23. The van der Waals surface area contributed by atoms with E-state index in [1.807, 2.05) is 6.34 Å². The molecule has 0 unspecified atom stereocenters. The average molecular weight is 262 g/mol.